The molecule has 0 unspecified atom stereocenters. The van der Waals surface area contributed by atoms with Gasteiger partial charge in [-0.1, -0.05) is 11.6 Å². The second-order valence-electron chi connectivity index (χ2n) is 4.85. The lowest BCUT2D eigenvalue weighted by Gasteiger charge is -2.07. The second-order valence-corrected chi connectivity index (χ2v) is 6.92. The summed E-state index contributed by atoms with van der Waals surface area (Å²) in [7, 11) is -3.42. The maximum atomic E-state index is 12.1. The molecule has 0 bridgehead atoms. The van der Waals surface area contributed by atoms with Crippen LogP contribution < -0.4 is 4.72 Å². The highest BCUT2D eigenvalue weighted by atomic mass is 35.5. The number of nitrogens with zero attached hydrogens (tertiary/aromatic N) is 1. The number of benzene rings is 1. The molecule has 1 N–H and O–H groups in total. The topological polar surface area (TPSA) is 59.1 Å². The molecule has 0 saturated heterocycles. The van der Waals surface area contributed by atoms with E-state index in [1.54, 1.807) is 18.2 Å². The number of fused-ring (bicyclic) bond motifs is 1. The molecule has 100 valence electrons. The predicted molar refractivity (Wildman–Crippen MR) is 74.8 cm³/mol. The summed E-state index contributed by atoms with van der Waals surface area (Å²) >= 11 is 5.95. The summed E-state index contributed by atoms with van der Waals surface area (Å²) < 4.78 is 26.9. The molecule has 1 aromatic heterocycles. The van der Waals surface area contributed by atoms with Crippen LogP contribution in [-0.4, -0.2) is 19.4 Å². The molecule has 6 heteroatoms. The van der Waals surface area contributed by atoms with Crippen molar-refractivity contribution in [1.29, 1.82) is 0 Å². The Bertz CT molecular complexity index is 755. The third-order valence-corrected chi connectivity index (χ3v) is 5.03. The summed E-state index contributed by atoms with van der Waals surface area (Å²) in [5.41, 5.74) is 1.53. The van der Waals surface area contributed by atoms with E-state index in [0.29, 0.717) is 10.7 Å². The van der Waals surface area contributed by atoms with E-state index >= 15 is 0 Å². The average Bonchev–Trinajstić information content (AvgIpc) is 3.13. The molecule has 4 nitrogen and oxygen atoms in total. The first kappa shape index (κ1) is 12.8. The van der Waals surface area contributed by atoms with Crippen molar-refractivity contribution in [3.63, 3.8) is 0 Å². The smallest absolute Gasteiger partial charge is 0.236 e. The number of pyridine rings is 1. The van der Waals surface area contributed by atoms with Gasteiger partial charge in [0.05, 0.1) is 10.4 Å². The Labute approximate surface area is 116 Å². The summed E-state index contributed by atoms with van der Waals surface area (Å²) in [6, 6.07) is 6.83. The fraction of sp³-hybridized carbons (Fsp3) is 0.308. The average molecular weight is 297 g/mol. The lowest BCUT2D eigenvalue weighted by Crippen LogP contribution is -2.25. The van der Waals surface area contributed by atoms with E-state index in [2.05, 4.69) is 9.71 Å². The largest absolute Gasteiger partial charge is 0.240 e. The van der Waals surface area contributed by atoms with E-state index in [1.165, 1.54) is 0 Å². The minimum Gasteiger partial charge on any atom is -0.236 e. The monoisotopic (exact) mass is 296 g/mol. The van der Waals surface area contributed by atoms with Gasteiger partial charge in [0.1, 0.15) is 5.15 Å². The van der Waals surface area contributed by atoms with Crippen molar-refractivity contribution in [2.45, 2.75) is 30.7 Å². The van der Waals surface area contributed by atoms with Gasteiger partial charge in [-0.25, -0.2) is 18.1 Å². The van der Waals surface area contributed by atoms with Crippen molar-refractivity contribution in [3.05, 3.63) is 35.0 Å². The predicted octanol–water partition coefficient (Wildman–Crippen LogP) is 2.64. The quantitative estimate of drug-likeness (QED) is 0.886. The number of nitrogens with one attached hydrogen (secondary N) is 1. The van der Waals surface area contributed by atoms with Gasteiger partial charge in [0.15, 0.2) is 0 Å². The molecule has 1 aliphatic rings. The lowest BCUT2D eigenvalue weighted by atomic mass is 10.2. The zero-order valence-corrected chi connectivity index (χ0v) is 11.9. The van der Waals surface area contributed by atoms with Crippen LogP contribution >= 0.6 is 11.6 Å². The van der Waals surface area contributed by atoms with Crippen LogP contribution in [0.4, 0.5) is 0 Å². The summed E-state index contributed by atoms with van der Waals surface area (Å²) in [5, 5.41) is 1.22. The molecule has 0 aliphatic heterocycles. The SMILES string of the molecule is Cc1cc2cc(S(=O)(=O)NC3CC3)ccc2nc1Cl. The molecule has 1 heterocycles. The van der Waals surface area contributed by atoms with Crippen LogP contribution in [0.25, 0.3) is 10.9 Å². The van der Waals surface area contributed by atoms with Crippen LogP contribution in [0.2, 0.25) is 5.15 Å². The van der Waals surface area contributed by atoms with Crippen LogP contribution in [0.3, 0.4) is 0 Å². The highest BCUT2D eigenvalue weighted by molar-refractivity contribution is 7.89. The molecule has 1 saturated carbocycles. The molecule has 3 rings (SSSR count). The number of halogens is 1. The highest BCUT2D eigenvalue weighted by Gasteiger charge is 2.28. The Morgan fingerprint density at radius 1 is 1.32 bits per heavy atom. The second kappa shape index (κ2) is 4.44. The number of sulfonamides is 1. The maximum absolute atomic E-state index is 12.1. The molecule has 0 spiro atoms. The fourth-order valence-electron chi connectivity index (χ4n) is 1.89. The minimum atomic E-state index is -3.42. The molecule has 0 radical (unpaired) electrons. The third kappa shape index (κ3) is 2.59. The van der Waals surface area contributed by atoms with Crippen molar-refractivity contribution in [2.75, 3.05) is 0 Å². The number of aryl methyl sites for hydroxylation is 1. The van der Waals surface area contributed by atoms with Crippen molar-refractivity contribution < 1.29 is 8.42 Å². The van der Waals surface area contributed by atoms with Gasteiger partial charge in [0.25, 0.3) is 0 Å². The number of rotatable bonds is 3. The van der Waals surface area contributed by atoms with Crippen LogP contribution in [0.1, 0.15) is 18.4 Å². The van der Waals surface area contributed by atoms with Gasteiger partial charge in [0.2, 0.25) is 10.0 Å². The summed E-state index contributed by atoms with van der Waals surface area (Å²) in [6.45, 7) is 1.85. The maximum Gasteiger partial charge on any atom is 0.240 e. The first-order valence-electron chi connectivity index (χ1n) is 6.05. The molecule has 1 fully saturated rings. The lowest BCUT2D eigenvalue weighted by molar-refractivity contribution is 0.581. The van der Waals surface area contributed by atoms with Crippen LogP contribution in [-0.2, 0) is 10.0 Å². The van der Waals surface area contributed by atoms with Gasteiger partial charge in [-0.15, -0.1) is 0 Å². The van der Waals surface area contributed by atoms with Crippen LogP contribution in [0, 0.1) is 6.92 Å². The Hall–Kier alpha value is -1.17. The Morgan fingerprint density at radius 2 is 2.05 bits per heavy atom. The number of aromatic nitrogens is 1. The van der Waals surface area contributed by atoms with Crippen LogP contribution in [0.5, 0.6) is 0 Å². The van der Waals surface area contributed by atoms with Gasteiger partial charge in [-0.05, 0) is 49.6 Å². The number of hydrogen-bond donors (Lipinski definition) is 1. The van der Waals surface area contributed by atoms with E-state index < -0.39 is 10.0 Å². The van der Waals surface area contributed by atoms with Crippen molar-refractivity contribution in [1.82, 2.24) is 9.71 Å². The van der Waals surface area contributed by atoms with Gasteiger partial charge in [0, 0.05) is 11.4 Å². The van der Waals surface area contributed by atoms with Crippen LogP contribution in [0.15, 0.2) is 29.2 Å². The zero-order chi connectivity index (χ0) is 13.6. The molecule has 1 aliphatic carbocycles. The van der Waals surface area contributed by atoms with Crippen molar-refractivity contribution in [2.24, 2.45) is 0 Å². The first-order chi connectivity index (χ1) is 8.95. The third-order valence-electron chi connectivity index (χ3n) is 3.12. The zero-order valence-electron chi connectivity index (χ0n) is 10.4. The molecule has 2 aromatic rings. The van der Waals surface area contributed by atoms with E-state index in [9.17, 15) is 8.42 Å². The normalized spacial score (nSPS) is 15.9. The molecule has 0 amide bonds. The summed E-state index contributed by atoms with van der Waals surface area (Å²) in [5.74, 6) is 0. The Kier molecular flexibility index (Phi) is 3.00. The highest BCUT2D eigenvalue weighted by Crippen LogP contribution is 2.25. The standard InChI is InChI=1S/C13H13ClN2O2S/c1-8-6-9-7-11(4-5-12(9)15-13(8)14)19(17,18)16-10-2-3-10/h4-7,10,16H,2-3H2,1H3. The Morgan fingerprint density at radius 3 is 2.74 bits per heavy atom. The van der Waals surface area contributed by atoms with Crippen molar-refractivity contribution in [3.8, 4) is 0 Å². The molecular weight excluding hydrogens is 284 g/mol. The molecule has 0 atom stereocenters. The van der Waals surface area contributed by atoms with E-state index in [1.807, 2.05) is 13.0 Å². The van der Waals surface area contributed by atoms with E-state index in [4.69, 9.17) is 11.6 Å². The molecular formula is C13H13ClN2O2S. The molecule has 1 aromatic carbocycles. The molecule has 19 heavy (non-hydrogen) atoms. The van der Waals surface area contributed by atoms with Gasteiger partial charge < -0.3 is 0 Å². The van der Waals surface area contributed by atoms with E-state index in [0.717, 1.165) is 23.8 Å². The summed E-state index contributed by atoms with van der Waals surface area (Å²) in [6.07, 6.45) is 1.84. The summed E-state index contributed by atoms with van der Waals surface area (Å²) in [4.78, 5) is 4.50. The first-order valence-corrected chi connectivity index (χ1v) is 7.91. The van der Waals surface area contributed by atoms with Gasteiger partial charge in [-0.3, -0.25) is 0 Å². The van der Waals surface area contributed by atoms with Gasteiger partial charge in [-0.2, -0.15) is 0 Å². The number of hydrogen-bond acceptors (Lipinski definition) is 3. The van der Waals surface area contributed by atoms with E-state index in [-0.39, 0.29) is 10.9 Å². The Balaban J connectivity index is 2.08. The van der Waals surface area contributed by atoms with Gasteiger partial charge >= 0.3 is 0 Å². The fourth-order valence-corrected chi connectivity index (χ4v) is 3.38. The van der Waals surface area contributed by atoms with Crippen molar-refractivity contribution >= 4 is 32.5 Å². The minimum absolute atomic E-state index is 0.103.